The number of phenolic OH excluding ortho intramolecular Hbond substituents is 1. The highest BCUT2D eigenvalue weighted by Gasteiger charge is 2.44. The van der Waals surface area contributed by atoms with Crippen molar-refractivity contribution in [3.63, 3.8) is 0 Å². The number of aromatic hydroxyl groups is 1. The lowest BCUT2D eigenvalue weighted by atomic mass is 10.0. The van der Waals surface area contributed by atoms with Gasteiger partial charge in [-0.25, -0.2) is 12.7 Å². The van der Waals surface area contributed by atoms with Gasteiger partial charge in [-0.1, -0.05) is 30.3 Å². The van der Waals surface area contributed by atoms with Crippen LogP contribution in [-0.2, 0) is 10.0 Å². The van der Waals surface area contributed by atoms with E-state index in [0.29, 0.717) is 11.3 Å². The number of sulfonamides is 1. The van der Waals surface area contributed by atoms with E-state index in [-0.39, 0.29) is 17.1 Å². The maximum atomic E-state index is 11.7. The van der Waals surface area contributed by atoms with Gasteiger partial charge in [0.2, 0.25) is 10.0 Å². The van der Waals surface area contributed by atoms with Crippen molar-refractivity contribution in [2.45, 2.75) is 0 Å². The number of fused-ring (bicyclic) bond motifs is 1. The van der Waals surface area contributed by atoms with Gasteiger partial charge in [0.05, 0.1) is 17.6 Å². The smallest absolute Gasteiger partial charge is 0.236 e. The molecule has 19 heavy (non-hydrogen) atoms. The van der Waals surface area contributed by atoms with E-state index >= 15 is 0 Å². The minimum Gasteiger partial charge on any atom is -0.504 e. The third-order valence-corrected chi connectivity index (χ3v) is 4.08. The second-order valence-corrected chi connectivity index (χ2v) is 6.28. The zero-order valence-electron chi connectivity index (χ0n) is 10.2. The predicted octanol–water partition coefficient (Wildman–Crippen LogP) is 2.05. The molecule has 0 saturated carbocycles. The lowest BCUT2D eigenvalue weighted by molar-refractivity contribution is 0.482. The van der Waals surface area contributed by atoms with Crippen LogP contribution in [0.4, 0.5) is 17.1 Å². The molecule has 98 valence electrons. The fraction of sp³-hybridized carbons (Fsp3) is 0.0769. The molecular weight excluding hydrogens is 264 g/mol. The highest BCUT2D eigenvalue weighted by atomic mass is 32.2. The summed E-state index contributed by atoms with van der Waals surface area (Å²) in [5.74, 6) is -0.180. The van der Waals surface area contributed by atoms with Gasteiger partial charge in [0.1, 0.15) is 5.69 Å². The molecule has 2 aromatic rings. The average Bonchev–Trinajstić information content (AvgIpc) is 3.10. The molecule has 5 nitrogen and oxygen atoms in total. The summed E-state index contributed by atoms with van der Waals surface area (Å²) in [6, 6.07) is 10.9. The molecule has 3 N–H and O–H groups in total. The van der Waals surface area contributed by atoms with Crippen molar-refractivity contribution < 1.29 is 13.5 Å². The van der Waals surface area contributed by atoms with Crippen molar-refractivity contribution in [2.24, 2.45) is 0 Å². The number of hydrogen-bond donors (Lipinski definition) is 2. The molecule has 0 bridgehead atoms. The molecule has 0 fully saturated rings. The lowest BCUT2D eigenvalue weighted by Gasteiger charge is -2.02. The summed E-state index contributed by atoms with van der Waals surface area (Å²) in [6.45, 7) is 0. The largest absolute Gasteiger partial charge is 0.504 e. The predicted molar refractivity (Wildman–Crippen MR) is 74.9 cm³/mol. The SMILES string of the molecule is CS(=O)(=O)N1c2c(-c3ccccc3)cc(N)c(O)c21. The zero-order chi connectivity index (χ0) is 13.8. The van der Waals surface area contributed by atoms with Gasteiger partial charge in [-0.15, -0.1) is 0 Å². The Labute approximate surface area is 111 Å². The molecule has 0 unspecified atom stereocenters. The molecule has 0 aromatic heterocycles. The standard InChI is InChI=1S/C13H12N2O3S/c1-19(17,18)15-11-9(8-5-3-2-4-6-8)7-10(14)13(16)12(11)15/h2-7,16H,14H2,1H3. The Balaban J connectivity index is 2.25. The molecule has 1 heterocycles. The van der Waals surface area contributed by atoms with Crippen molar-refractivity contribution in [3.8, 4) is 16.9 Å². The molecule has 0 spiro atoms. The van der Waals surface area contributed by atoms with Gasteiger partial charge < -0.3 is 10.8 Å². The van der Waals surface area contributed by atoms with E-state index in [0.717, 1.165) is 16.1 Å². The van der Waals surface area contributed by atoms with Gasteiger partial charge in [0, 0.05) is 5.56 Å². The van der Waals surface area contributed by atoms with Gasteiger partial charge in [-0.05, 0) is 11.6 Å². The van der Waals surface area contributed by atoms with E-state index < -0.39 is 10.0 Å². The van der Waals surface area contributed by atoms with Crippen LogP contribution in [0.5, 0.6) is 5.75 Å². The topological polar surface area (TPSA) is 83.4 Å². The minimum atomic E-state index is -3.44. The molecule has 2 aromatic carbocycles. The number of nitrogen functional groups attached to an aromatic ring is 1. The Morgan fingerprint density at radius 3 is 2.37 bits per heavy atom. The highest BCUT2D eigenvalue weighted by Crippen LogP contribution is 2.62. The molecular formula is C13H12N2O3S. The second-order valence-electron chi connectivity index (χ2n) is 4.45. The second kappa shape index (κ2) is 3.64. The molecule has 1 aliphatic rings. The van der Waals surface area contributed by atoms with Crippen LogP contribution in [-0.4, -0.2) is 19.8 Å². The number of nitrogens with zero attached hydrogens (tertiary/aromatic N) is 1. The van der Waals surface area contributed by atoms with Gasteiger partial charge in [-0.2, -0.15) is 0 Å². The molecule has 0 radical (unpaired) electrons. The summed E-state index contributed by atoms with van der Waals surface area (Å²) in [4.78, 5) is 0. The summed E-state index contributed by atoms with van der Waals surface area (Å²) < 4.78 is 24.5. The van der Waals surface area contributed by atoms with E-state index in [2.05, 4.69) is 0 Å². The Hall–Kier alpha value is -2.21. The van der Waals surface area contributed by atoms with E-state index in [4.69, 9.17) is 5.73 Å². The third kappa shape index (κ3) is 1.72. The maximum Gasteiger partial charge on any atom is 0.236 e. The van der Waals surface area contributed by atoms with Gasteiger partial charge in [0.15, 0.2) is 5.75 Å². The van der Waals surface area contributed by atoms with Crippen LogP contribution < -0.4 is 10.0 Å². The highest BCUT2D eigenvalue weighted by molar-refractivity contribution is 7.93. The number of benzene rings is 2. The molecule has 6 heteroatoms. The minimum absolute atomic E-state index is 0.170. The molecule has 0 amide bonds. The maximum absolute atomic E-state index is 11.7. The lowest BCUT2D eigenvalue weighted by Crippen LogP contribution is -2.10. The summed E-state index contributed by atoms with van der Waals surface area (Å²) >= 11 is 0. The number of rotatable bonds is 2. The average molecular weight is 276 g/mol. The third-order valence-electron chi connectivity index (χ3n) is 3.05. The van der Waals surface area contributed by atoms with Crippen LogP contribution in [0.15, 0.2) is 36.4 Å². The van der Waals surface area contributed by atoms with E-state index in [1.165, 1.54) is 0 Å². The fourth-order valence-corrected chi connectivity index (χ4v) is 3.17. The van der Waals surface area contributed by atoms with Crippen LogP contribution in [0.25, 0.3) is 11.1 Å². The number of phenols is 1. The Morgan fingerprint density at radius 1 is 1.16 bits per heavy atom. The van der Waals surface area contributed by atoms with Crippen LogP contribution in [0.1, 0.15) is 0 Å². The fourth-order valence-electron chi connectivity index (χ4n) is 2.19. The van der Waals surface area contributed by atoms with Crippen molar-refractivity contribution in [1.82, 2.24) is 0 Å². The first kappa shape index (κ1) is 11.9. The molecule has 3 rings (SSSR count). The van der Waals surface area contributed by atoms with E-state index in [1.807, 2.05) is 30.3 Å². The summed E-state index contributed by atoms with van der Waals surface area (Å²) in [7, 11) is -3.44. The number of anilines is 3. The van der Waals surface area contributed by atoms with Crippen LogP contribution in [0, 0.1) is 0 Å². The van der Waals surface area contributed by atoms with Crippen molar-refractivity contribution in [1.29, 1.82) is 0 Å². The van der Waals surface area contributed by atoms with E-state index in [9.17, 15) is 13.5 Å². The van der Waals surface area contributed by atoms with Crippen molar-refractivity contribution >= 4 is 27.1 Å². The monoisotopic (exact) mass is 276 g/mol. The van der Waals surface area contributed by atoms with E-state index in [1.54, 1.807) is 6.07 Å². The van der Waals surface area contributed by atoms with Crippen LogP contribution in [0.3, 0.4) is 0 Å². The first-order valence-electron chi connectivity index (χ1n) is 5.62. The number of hydrogen-bond acceptors (Lipinski definition) is 4. The zero-order valence-corrected chi connectivity index (χ0v) is 11.0. The summed E-state index contributed by atoms with van der Waals surface area (Å²) in [6.07, 6.45) is 1.09. The Kier molecular flexibility index (Phi) is 2.27. The van der Waals surface area contributed by atoms with Gasteiger partial charge in [-0.3, -0.25) is 0 Å². The molecule has 1 aliphatic heterocycles. The first-order chi connectivity index (χ1) is 8.91. The van der Waals surface area contributed by atoms with Gasteiger partial charge >= 0.3 is 0 Å². The number of nitrogens with two attached hydrogens (primary N) is 1. The van der Waals surface area contributed by atoms with Crippen LogP contribution >= 0.6 is 0 Å². The molecule has 0 atom stereocenters. The summed E-state index contributed by atoms with van der Waals surface area (Å²) in [5.41, 5.74) is 8.24. The van der Waals surface area contributed by atoms with Crippen molar-refractivity contribution in [3.05, 3.63) is 36.4 Å². The van der Waals surface area contributed by atoms with Crippen LogP contribution in [0.2, 0.25) is 0 Å². The molecule has 0 aliphatic carbocycles. The Bertz CT molecular complexity index is 770. The molecule has 0 saturated heterocycles. The first-order valence-corrected chi connectivity index (χ1v) is 7.47. The van der Waals surface area contributed by atoms with Gasteiger partial charge in [0.25, 0.3) is 0 Å². The van der Waals surface area contributed by atoms with Crippen molar-refractivity contribution in [2.75, 3.05) is 16.3 Å². The Morgan fingerprint density at radius 2 is 1.79 bits per heavy atom. The normalized spacial score (nSPS) is 13.2. The quantitative estimate of drug-likeness (QED) is 0.499. The summed E-state index contributed by atoms with van der Waals surface area (Å²) in [5, 5.41) is 9.83.